The zero-order valence-electron chi connectivity index (χ0n) is 10.1. The first-order chi connectivity index (χ1) is 7.77. The first-order valence-corrected chi connectivity index (χ1v) is 6.02. The molecule has 1 N–H and O–H groups in total. The van der Waals surface area contributed by atoms with Crippen molar-refractivity contribution in [2.45, 2.75) is 20.4 Å². The summed E-state index contributed by atoms with van der Waals surface area (Å²) in [5, 5.41) is 4.79. The van der Waals surface area contributed by atoms with Gasteiger partial charge in [0.25, 0.3) is 0 Å². The predicted molar refractivity (Wildman–Crippen MR) is 69.6 cm³/mol. The minimum Gasteiger partial charge on any atom is -0.346 e. The average Bonchev–Trinajstić information content (AvgIpc) is 2.68. The normalized spacial score (nSPS) is 11.4. The van der Waals surface area contributed by atoms with Crippen molar-refractivity contribution in [3.63, 3.8) is 0 Å². The van der Waals surface area contributed by atoms with Gasteiger partial charge in [0, 0.05) is 24.8 Å². The molecule has 0 atom stereocenters. The van der Waals surface area contributed by atoms with Crippen molar-refractivity contribution in [2.24, 2.45) is 5.92 Å². The standard InChI is InChI=1S/C14H20N2/c1-12(2)11-15-8-10-16-9-7-13-5-3-4-6-14(13)16/h3-7,9,12,15H,8,10-11H2,1-2H3. The third kappa shape index (κ3) is 2.64. The fourth-order valence-electron chi connectivity index (χ4n) is 1.93. The van der Waals surface area contributed by atoms with Crippen molar-refractivity contribution in [2.75, 3.05) is 13.1 Å². The first-order valence-electron chi connectivity index (χ1n) is 6.02. The maximum absolute atomic E-state index is 3.47. The van der Waals surface area contributed by atoms with Crippen LogP contribution in [0, 0.1) is 5.92 Å². The number of aromatic nitrogens is 1. The molecule has 0 unspecified atom stereocenters. The number of para-hydroxylation sites is 1. The fraction of sp³-hybridized carbons (Fsp3) is 0.429. The lowest BCUT2D eigenvalue weighted by Gasteiger charge is -2.09. The lowest BCUT2D eigenvalue weighted by atomic mass is 10.2. The lowest BCUT2D eigenvalue weighted by Crippen LogP contribution is -2.23. The first kappa shape index (κ1) is 11.2. The van der Waals surface area contributed by atoms with Crippen LogP contribution in [0.3, 0.4) is 0 Å². The number of rotatable bonds is 5. The second kappa shape index (κ2) is 5.17. The largest absolute Gasteiger partial charge is 0.346 e. The number of hydrogen-bond acceptors (Lipinski definition) is 1. The second-order valence-electron chi connectivity index (χ2n) is 4.67. The molecule has 2 nitrogen and oxygen atoms in total. The van der Waals surface area contributed by atoms with E-state index < -0.39 is 0 Å². The molecule has 2 aromatic rings. The van der Waals surface area contributed by atoms with Crippen molar-refractivity contribution in [3.05, 3.63) is 36.5 Å². The van der Waals surface area contributed by atoms with Gasteiger partial charge in [-0.3, -0.25) is 0 Å². The maximum atomic E-state index is 3.47. The molecular formula is C14H20N2. The van der Waals surface area contributed by atoms with Gasteiger partial charge in [-0.15, -0.1) is 0 Å². The predicted octanol–water partition coefficient (Wildman–Crippen LogP) is 2.89. The summed E-state index contributed by atoms with van der Waals surface area (Å²) in [6.07, 6.45) is 2.17. The Labute approximate surface area is 97.3 Å². The molecule has 86 valence electrons. The van der Waals surface area contributed by atoms with E-state index in [1.54, 1.807) is 0 Å². The monoisotopic (exact) mass is 216 g/mol. The Morgan fingerprint density at radius 3 is 2.81 bits per heavy atom. The van der Waals surface area contributed by atoms with Crippen LogP contribution in [0.1, 0.15) is 13.8 Å². The molecule has 2 heteroatoms. The highest BCUT2D eigenvalue weighted by Gasteiger charge is 1.99. The minimum absolute atomic E-state index is 0.724. The van der Waals surface area contributed by atoms with E-state index in [0.717, 1.165) is 25.6 Å². The van der Waals surface area contributed by atoms with E-state index in [1.165, 1.54) is 10.9 Å². The van der Waals surface area contributed by atoms with Gasteiger partial charge in [0.05, 0.1) is 0 Å². The quantitative estimate of drug-likeness (QED) is 0.760. The Hall–Kier alpha value is -1.28. The molecule has 0 saturated carbocycles. The molecule has 0 aliphatic heterocycles. The van der Waals surface area contributed by atoms with E-state index in [0.29, 0.717) is 0 Å². The van der Waals surface area contributed by atoms with Crippen molar-refractivity contribution in [3.8, 4) is 0 Å². The summed E-state index contributed by atoms with van der Waals surface area (Å²) in [4.78, 5) is 0. The number of benzene rings is 1. The summed E-state index contributed by atoms with van der Waals surface area (Å²) in [5.41, 5.74) is 1.33. The Bertz CT molecular complexity index is 443. The van der Waals surface area contributed by atoms with E-state index in [2.05, 4.69) is 60.3 Å². The highest BCUT2D eigenvalue weighted by Crippen LogP contribution is 2.14. The van der Waals surface area contributed by atoms with Gasteiger partial charge in [0.15, 0.2) is 0 Å². The topological polar surface area (TPSA) is 17.0 Å². The average molecular weight is 216 g/mol. The highest BCUT2D eigenvalue weighted by atomic mass is 15.0. The van der Waals surface area contributed by atoms with Crippen LogP contribution in [0.4, 0.5) is 0 Å². The van der Waals surface area contributed by atoms with E-state index in [-0.39, 0.29) is 0 Å². The smallest absolute Gasteiger partial charge is 0.0480 e. The van der Waals surface area contributed by atoms with Gasteiger partial charge in [0.2, 0.25) is 0 Å². The molecule has 0 amide bonds. The summed E-state index contributed by atoms with van der Waals surface area (Å²) in [7, 11) is 0. The summed E-state index contributed by atoms with van der Waals surface area (Å²) >= 11 is 0. The summed E-state index contributed by atoms with van der Waals surface area (Å²) in [6, 6.07) is 10.7. The van der Waals surface area contributed by atoms with E-state index in [4.69, 9.17) is 0 Å². The van der Waals surface area contributed by atoms with Gasteiger partial charge in [-0.05, 0) is 30.0 Å². The van der Waals surface area contributed by atoms with Crippen LogP contribution in [-0.4, -0.2) is 17.7 Å². The Kier molecular flexibility index (Phi) is 3.62. The van der Waals surface area contributed by atoms with Gasteiger partial charge < -0.3 is 9.88 Å². The zero-order valence-corrected chi connectivity index (χ0v) is 10.1. The molecule has 0 radical (unpaired) electrons. The number of nitrogens with one attached hydrogen (secondary N) is 1. The zero-order chi connectivity index (χ0) is 11.4. The summed E-state index contributed by atoms with van der Waals surface area (Å²) in [5.74, 6) is 0.724. The van der Waals surface area contributed by atoms with Gasteiger partial charge in [-0.25, -0.2) is 0 Å². The second-order valence-corrected chi connectivity index (χ2v) is 4.67. The molecule has 2 rings (SSSR count). The van der Waals surface area contributed by atoms with Gasteiger partial charge in [-0.2, -0.15) is 0 Å². The molecule has 1 heterocycles. The van der Waals surface area contributed by atoms with E-state index in [9.17, 15) is 0 Å². The van der Waals surface area contributed by atoms with Gasteiger partial charge in [-0.1, -0.05) is 32.0 Å². The number of fused-ring (bicyclic) bond motifs is 1. The molecule has 1 aromatic carbocycles. The lowest BCUT2D eigenvalue weighted by molar-refractivity contribution is 0.529. The van der Waals surface area contributed by atoms with Crippen LogP contribution in [-0.2, 0) is 6.54 Å². The maximum Gasteiger partial charge on any atom is 0.0480 e. The van der Waals surface area contributed by atoms with Crippen LogP contribution in [0.15, 0.2) is 36.5 Å². The fourth-order valence-corrected chi connectivity index (χ4v) is 1.93. The highest BCUT2D eigenvalue weighted by molar-refractivity contribution is 5.79. The molecule has 16 heavy (non-hydrogen) atoms. The van der Waals surface area contributed by atoms with Crippen molar-refractivity contribution >= 4 is 10.9 Å². The Morgan fingerprint density at radius 2 is 2.00 bits per heavy atom. The van der Waals surface area contributed by atoms with Crippen molar-refractivity contribution in [1.29, 1.82) is 0 Å². The SMILES string of the molecule is CC(C)CNCCn1ccc2ccccc21. The van der Waals surface area contributed by atoms with Gasteiger partial charge in [0.1, 0.15) is 0 Å². The molecule has 0 aliphatic carbocycles. The molecule has 0 aliphatic rings. The van der Waals surface area contributed by atoms with E-state index >= 15 is 0 Å². The van der Waals surface area contributed by atoms with Crippen LogP contribution in [0.5, 0.6) is 0 Å². The molecular weight excluding hydrogens is 196 g/mol. The van der Waals surface area contributed by atoms with Crippen LogP contribution in [0.2, 0.25) is 0 Å². The molecule has 0 bridgehead atoms. The number of hydrogen-bond donors (Lipinski definition) is 1. The summed E-state index contributed by atoms with van der Waals surface area (Å²) in [6.45, 7) is 7.65. The minimum atomic E-state index is 0.724. The van der Waals surface area contributed by atoms with Gasteiger partial charge >= 0.3 is 0 Å². The third-order valence-corrected chi connectivity index (χ3v) is 2.76. The van der Waals surface area contributed by atoms with Crippen LogP contribution < -0.4 is 5.32 Å². The number of nitrogens with zero attached hydrogens (tertiary/aromatic N) is 1. The molecule has 0 fully saturated rings. The third-order valence-electron chi connectivity index (χ3n) is 2.76. The van der Waals surface area contributed by atoms with Crippen LogP contribution in [0.25, 0.3) is 10.9 Å². The van der Waals surface area contributed by atoms with Crippen LogP contribution >= 0.6 is 0 Å². The van der Waals surface area contributed by atoms with Crippen molar-refractivity contribution < 1.29 is 0 Å². The Balaban J connectivity index is 1.94. The molecule has 0 saturated heterocycles. The van der Waals surface area contributed by atoms with E-state index in [1.807, 2.05) is 0 Å². The van der Waals surface area contributed by atoms with Crippen molar-refractivity contribution in [1.82, 2.24) is 9.88 Å². The molecule has 1 aromatic heterocycles. The molecule has 0 spiro atoms. The Morgan fingerprint density at radius 1 is 1.19 bits per heavy atom. The summed E-state index contributed by atoms with van der Waals surface area (Å²) < 4.78 is 2.31.